The van der Waals surface area contributed by atoms with E-state index in [1.807, 2.05) is 6.92 Å². The van der Waals surface area contributed by atoms with E-state index in [9.17, 15) is 9.90 Å². The van der Waals surface area contributed by atoms with Crippen LogP contribution in [0.25, 0.3) is 15.9 Å². The fourth-order valence-electron chi connectivity index (χ4n) is 3.45. The summed E-state index contributed by atoms with van der Waals surface area (Å²) in [6, 6.07) is 0. The average Bonchev–Trinajstić information content (AvgIpc) is 3.06. The van der Waals surface area contributed by atoms with Crippen LogP contribution in [0.3, 0.4) is 0 Å². The van der Waals surface area contributed by atoms with Crippen LogP contribution in [0.2, 0.25) is 0 Å². The zero-order chi connectivity index (χ0) is 16.1. The highest BCUT2D eigenvalue weighted by Crippen LogP contribution is 2.42. The van der Waals surface area contributed by atoms with Gasteiger partial charge in [0.2, 0.25) is 0 Å². The van der Waals surface area contributed by atoms with Crippen molar-refractivity contribution in [3.63, 3.8) is 0 Å². The summed E-state index contributed by atoms with van der Waals surface area (Å²) in [5.41, 5.74) is 2.18. The number of aromatic nitrogens is 4. The van der Waals surface area contributed by atoms with E-state index in [0.29, 0.717) is 11.7 Å². The van der Waals surface area contributed by atoms with Crippen molar-refractivity contribution in [3.05, 3.63) is 22.1 Å². The number of rotatable bonds is 3. The smallest absolute Gasteiger partial charge is 0.168 e. The molecule has 6 nitrogen and oxygen atoms in total. The highest BCUT2D eigenvalue weighted by atomic mass is 32.1. The predicted octanol–water partition coefficient (Wildman–Crippen LogP) is 1.77. The summed E-state index contributed by atoms with van der Waals surface area (Å²) in [6.07, 6.45) is 3.74. The Morgan fingerprint density at radius 3 is 3.04 bits per heavy atom. The molecule has 1 atom stereocenters. The zero-order valence-corrected chi connectivity index (χ0v) is 13.9. The molecule has 0 saturated heterocycles. The summed E-state index contributed by atoms with van der Waals surface area (Å²) in [5, 5.41) is 16.2. The maximum absolute atomic E-state index is 10.7. The number of hydrogen-bond acceptors (Lipinski definition) is 6. The van der Waals surface area contributed by atoms with Gasteiger partial charge in [0.15, 0.2) is 11.5 Å². The van der Waals surface area contributed by atoms with Gasteiger partial charge >= 0.3 is 0 Å². The minimum atomic E-state index is -1.08. The number of nitrogens with zero attached hydrogens (tertiary/aromatic N) is 4. The number of carbonyl (C=O) groups excluding carboxylic acids is 1. The topological polar surface area (TPSA) is 83.2 Å². The lowest BCUT2D eigenvalue weighted by molar-refractivity contribution is -0.305. The van der Waals surface area contributed by atoms with Crippen molar-refractivity contribution in [2.75, 3.05) is 0 Å². The minimum absolute atomic E-state index is 0.0648. The molecule has 0 spiro atoms. The molecule has 0 amide bonds. The largest absolute Gasteiger partial charge is 0.550 e. The van der Waals surface area contributed by atoms with Gasteiger partial charge in [-0.15, -0.1) is 16.4 Å². The van der Waals surface area contributed by atoms with Crippen LogP contribution in [0, 0.1) is 6.92 Å². The van der Waals surface area contributed by atoms with E-state index in [1.165, 1.54) is 23.3 Å². The normalized spacial score (nSPS) is 17.7. The van der Waals surface area contributed by atoms with E-state index in [0.717, 1.165) is 28.1 Å². The van der Waals surface area contributed by atoms with Gasteiger partial charge in [0.25, 0.3) is 0 Å². The molecule has 23 heavy (non-hydrogen) atoms. The minimum Gasteiger partial charge on any atom is -0.550 e. The molecule has 3 aromatic heterocycles. The van der Waals surface area contributed by atoms with Crippen LogP contribution in [0.5, 0.6) is 0 Å². The van der Waals surface area contributed by atoms with E-state index in [1.54, 1.807) is 15.9 Å². The van der Waals surface area contributed by atoms with E-state index >= 15 is 0 Å². The fourth-order valence-corrected chi connectivity index (χ4v) is 4.82. The Balaban J connectivity index is 1.95. The molecule has 0 bridgehead atoms. The second-order valence-corrected chi connectivity index (χ2v) is 7.29. The van der Waals surface area contributed by atoms with Crippen LogP contribution in [0.1, 0.15) is 54.2 Å². The Bertz CT molecular complexity index is 927. The summed E-state index contributed by atoms with van der Waals surface area (Å²) in [5.74, 6) is 0.746. The maximum atomic E-state index is 10.7. The van der Waals surface area contributed by atoms with Gasteiger partial charge in [0.1, 0.15) is 10.7 Å². The molecule has 0 radical (unpaired) electrons. The molecule has 0 aliphatic heterocycles. The number of fused-ring (bicyclic) bond motifs is 5. The van der Waals surface area contributed by atoms with Crippen molar-refractivity contribution in [2.24, 2.45) is 0 Å². The van der Waals surface area contributed by atoms with E-state index in [4.69, 9.17) is 4.98 Å². The summed E-state index contributed by atoms with van der Waals surface area (Å²) < 4.78 is 1.75. The Morgan fingerprint density at radius 2 is 2.26 bits per heavy atom. The quantitative estimate of drug-likeness (QED) is 0.731. The highest BCUT2D eigenvalue weighted by molar-refractivity contribution is 7.19. The van der Waals surface area contributed by atoms with Gasteiger partial charge in [-0.2, -0.15) is 4.52 Å². The van der Waals surface area contributed by atoms with Crippen molar-refractivity contribution in [1.82, 2.24) is 19.6 Å². The summed E-state index contributed by atoms with van der Waals surface area (Å²) in [7, 11) is 0. The first-order valence-electron chi connectivity index (χ1n) is 7.92. The number of carboxylic acids is 1. The molecule has 3 heterocycles. The van der Waals surface area contributed by atoms with Crippen molar-refractivity contribution in [3.8, 4) is 0 Å². The number of carbonyl (C=O) groups is 1. The summed E-state index contributed by atoms with van der Waals surface area (Å²) >= 11 is 1.76. The van der Waals surface area contributed by atoms with Gasteiger partial charge in [0, 0.05) is 17.3 Å². The standard InChI is InChI=1S/C16H18N4O2S/c1-8-4-3-5-10-13(8)14-15-18-11(6-7-12(21)22)19-20(15)9(2)17-16(14)23-10/h8H,3-7H2,1-2H3,(H,21,22)/p-1/t8-/m1/s1. The molecular formula is C16H17N4O2S-. The van der Waals surface area contributed by atoms with Gasteiger partial charge in [-0.3, -0.25) is 0 Å². The van der Waals surface area contributed by atoms with Crippen LogP contribution in [-0.2, 0) is 17.6 Å². The molecule has 1 aliphatic carbocycles. The van der Waals surface area contributed by atoms with E-state index < -0.39 is 5.97 Å². The van der Waals surface area contributed by atoms with Gasteiger partial charge in [-0.05, 0) is 44.1 Å². The molecule has 120 valence electrons. The third-order valence-corrected chi connectivity index (χ3v) is 5.69. The molecule has 0 unspecified atom stereocenters. The van der Waals surface area contributed by atoms with E-state index in [2.05, 4.69) is 17.0 Å². The lowest BCUT2D eigenvalue weighted by atomic mass is 9.87. The molecule has 3 aromatic rings. The molecule has 4 rings (SSSR count). The Hall–Kier alpha value is -2.02. The predicted molar refractivity (Wildman–Crippen MR) is 85.6 cm³/mol. The molecule has 0 N–H and O–H groups in total. The monoisotopic (exact) mass is 329 g/mol. The number of hydrogen-bond donors (Lipinski definition) is 0. The Labute approximate surface area is 137 Å². The Morgan fingerprint density at radius 1 is 1.43 bits per heavy atom. The van der Waals surface area contributed by atoms with Gasteiger partial charge in [-0.25, -0.2) is 9.97 Å². The van der Waals surface area contributed by atoms with Gasteiger partial charge in [-0.1, -0.05) is 6.92 Å². The first-order chi connectivity index (χ1) is 11.0. The van der Waals surface area contributed by atoms with Crippen LogP contribution < -0.4 is 5.11 Å². The lowest BCUT2D eigenvalue weighted by Crippen LogP contribution is -2.22. The average molecular weight is 329 g/mol. The van der Waals surface area contributed by atoms with Crippen molar-refractivity contribution >= 4 is 33.2 Å². The van der Waals surface area contributed by atoms with Crippen molar-refractivity contribution in [1.29, 1.82) is 0 Å². The van der Waals surface area contributed by atoms with Gasteiger partial charge in [0.05, 0.1) is 5.39 Å². The highest BCUT2D eigenvalue weighted by Gasteiger charge is 2.25. The number of thiophene rings is 1. The maximum Gasteiger partial charge on any atom is 0.168 e. The molecule has 0 aromatic carbocycles. The summed E-state index contributed by atoms with van der Waals surface area (Å²) in [6.45, 7) is 4.17. The second kappa shape index (κ2) is 5.26. The van der Waals surface area contributed by atoms with Crippen LogP contribution >= 0.6 is 11.3 Å². The van der Waals surface area contributed by atoms with Crippen LogP contribution in [-0.4, -0.2) is 25.6 Å². The molecule has 0 fully saturated rings. The third kappa shape index (κ3) is 2.30. The number of carboxylic acid groups (broad SMARTS) is 1. The number of aliphatic carboxylic acids is 1. The van der Waals surface area contributed by atoms with Crippen LogP contribution in [0.15, 0.2) is 0 Å². The summed E-state index contributed by atoms with van der Waals surface area (Å²) in [4.78, 5) is 22.4. The first-order valence-corrected chi connectivity index (χ1v) is 8.73. The van der Waals surface area contributed by atoms with E-state index in [-0.39, 0.29) is 12.8 Å². The third-order valence-electron chi connectivity index (χ3n) is 4.53. The van der Waals surface area contributed by atoms with Gasteiger partial charge < -0.3 is 9.90 Å². The molecule has 0 saturated carbocycles. The zero-order valence-electron chi connectivity index (χ0n) is 13.1. The lowest BCUT2D eigenvalue weighted by Gasteiger charge is -2.18. The first kappa shape index (κ1) is 14.6. The molecule has 1 aliphatic rings. The molecular weight excluding hydrogens is 312 g/mol. The Kier molecular flexibility index (Phi) is 3.33. The van der Waals surface area contributed by atoms with Crippen LogP contribution in [0.4, 0.5) is 0 Å². The van der Waals surface area contributed by atoms with Crippen molar-refractivity contribution < 1.29 is 9.90 Å². The number of aryl methyl sites for hydroxylation is 3. The SMILES string of the molecule is Cc1nc2sc3c(c2c2nc(CCC(=O)[O-])nn12)[C@H](C)CCC3. The van der Waals surface area contributed by atoms with Crippen molar-refractivity contribution in [2.45, 2.75) is 51.9 Å². The second-order valence-electron chi connectivity index (χ2n) is 6.21. The molecule has 7 heteroatoms. The fraction of sp³-hybridized carbons (Fsp3) is 0.500.